The summed E-state index contributed by atoms with van der Waals surface area (Å²) in [7, 11) is 0. The lowest BCUT2D eigenvalue weighted by Gasteiger charge is -2.14. The van der Waals surface area contributed by atoms with Gasteiger partial charge in [0.2, 0.25) is 0 Å². The maximum Gasteiger partial charge on any atom is 0.324 e. The summed E-state index contributed by atoms with van der Waals surface area (Å²) in [6.45, 7) is 4.19. The quantitative estimate of drug-likeness (QED) is 0.425. The van der Waals surface area contributed by atoms with Crippen molar-refractivity contribution in [3.63, 3.8) is 0 Å². The molecule has 1 aromatic heterocycles. The second-order valence-corrected chi connectivity index (χ2v) is 8.07. The van der Waals surface area contributed by atoms with Gasteiger partial charge in [0.25, 0.3) is 0 Å². The van der Waals surface area contributed by atoms with Crippen LogP contribution in [-0.2, 0) is 9.53 Å². The Bertz CT molecular complexity index is 861. The van der Waals surface area contributed by atoms with Crippen LogP contribution < -0.4 is 0 Å². The first kappa shape index (κ1) is 17.3. The molecule has 1 heterocycles. The third kappa shape index (κ3) is 3.91. The van der Waals surface area contributed by atoms with E-state index in [-0.39, 0.29) is 5.97 Å². The van der Waals surface area contributed by atoms with Gasteiger partial charge in [-0.3, -0.25) is 4.79 Å². The summed E-state index contributed by atoms with van der Waals surface area (Å²) in [6.07, 6.45) is 0. The summed E-state index contributed by atoms with van der Waals surface area (Å²) in [6, 6.07) is 13.6. The molecule has 1 atom stereocenters. The fraction of sp³-hybridized carbons (Fsp3) is 0.222. The fourth-order valence-corrected chi connectivity index (χ4v) is 4.65. The number of esters is 1. The Labute approximate surface area is 154 Å². The Balaban J connectivity index is 1.92. The monoisotopic (exact) mass is 377 g/mol. The van der Waals surface area contributed by atoms with Gasteiger partial charge in [-0.2, -0.15) is 0 Å². The molecule has 0 fully saturated rings. The van der Waals surface area contributed by atoms with E-state index in [0.717, 1.165) is 25.7 Å². The molecule has 0 saturated heterocycles. The van der Waals surface area contributed by atoms with Gasteiger partial charge < -0.3 is 4.74 Å². The molecule has 0 N–H and O–H groups in total. The highest BCUT2D eigenvalue weighted by atomic mass is 35.5. The summed E-state index contributed by atoms with van der Waals surface area (Å²) in [5, 5.41) is 0.228. The minimum atomic E-state index is -0.429. The molecule has 3 aromatic rings. The Morgan fingerprint density at radius 2 is 2.04 bits per heavy atom. The third-order valence-electron chi connectivity index (χ3n) is 3.43. The molecule has 0 aliphatic heterocycles. The first-order valence-electron chi connectivity index (χ1n) is 7.53. The minimum absolute atomic E-state index is 0.247. The van der Waals surface area contributed by atoms with Crippen LogP contribution in [0.4, 0.5) is 0 Å². The molecule has 0 amide bonds. The molecule has 3 rings (SSSR count). The molecule has 0 bridgehead atoms. The van der Waals surface area contributed by atoms with Crippen molar-refractivity contribution >= 4 is 50.9 Å². The van der Waals surface area contributed by atoms with Gasteiger partial charge >= 0.3 is 5.97 Å². The highest BCUT2D eigenvalue weighted by Gasteiger charge is 2.25. The van der Waals surface area contributed by atoms with Gasteiger partial charge in [-0.15, -0.1) is 11.3 Å². The Morgan fingerprint density at radius 3 is 2.75 bits per heavy atom. The lowest BCUT2D eigenvalue weighted by atomic mass is 10.1. The Kier molecular flexibility index (Phi) is 5.43. The van der Waals surface area contributed by atoms with Crippen LogP contribution in [0.25, 0.3) is 10.2 Å². The predicted molar refractivity (Wildman–Crippen MR) is 101 cm³/mol. The smallest absolute Gasteiger partial charge is 0.324 e. The number of thioether (sulfide) groups is 1. The number of fused-ring (bicyclic) bond motifs is 1. The van der Waals surface area contributed by atoms with Gasteiger partial charge in [-0.1, -0.05) is 53.2 Å². The van der Waals surface area contributed by atoms with Gasteiger partial charge in [0, 0.05) is 5.02 Å². The van der Waals surface area contributed by atoms with Crippen molar-refractivity contribution in [2.24, 2.45) is 0 Å². The van der Waals surface area contributed by atoms with Crippen LogP contribution in [0.3, 0.4) is 0 Å². The number of nitrogens with zero attached hydrogens (tertiary/aromatic N) is 1. The van der Waals surface area contributed by atoms with E-state index >= 15 is 0 Å². The van der Waals surface area contributed by atoms with Crippen LogP contribution in [0.1, 0.15) is 23.3 Å². The van der Waals surface area contributed by atoms with Crippen LogP contribution in [-0.4, -0.2) is 17.6 Å². The Morgan fingerprint density at radius 1 is 1.29 bits per heavy atom. The first-order valence-corrected chi connectivity index (χ1v) is 9.60. The van der Waals surface area contributed by atoms with Crippen LogP contribution >= 0.6 is 34.7 Å². The summed E-state index contributed by atoms with van der Waals surface area (Å²) < 4.78 is 7.12. The first-order chi connectivity index (χ1) is 11.6. The number of aryl methyl sites for hydroxylation is 1. The molecule has 0 saturated carbocycles. The highest BCUT2D eigenvalue weighted by Crippen LogP contribution is 2.40. The van der Waals surface area contributed by atoms with Crippen molar-refractivity contribution in [2.75, 3.05) is 6.61 Å². The zero-order valence-corrected chi connectivity index (χ0v) is 15.7. The van der Waals surface area contributed by atoms with Crippen molar-refractivity contribution in [1.82, 2.24) is 4.98 Å². The zero-order chi connectivity index (χ0) is 17.1. The number of aromatic nitrogens is 1. The molecular weight excluding hydrogens is 362 g/mol. The molecule has 2 aromatic carbocycles. The maximum atomic E-state index is 12.4. The van der Waals surface area contributed by atoms with E-state index in [9.17, 15) is 4.79 Å². The average molecular weight is 378 g/mol. The van der Waals surface area contributed by atoms with Gasteiger partial charge in [-0.25, -0.2) is 4.98 Å². The molecule has 0 spiro atoms. The lowest BCUT2D eigenvalue weighted by molar-refractivity contribution is -0.142. The molecule has 6 heteroatoms. The van der Waals surface area contributed by atoms with Gasteiger partial charge in [0.1, 0.15) is 5.25 Å². The molecule has 0 aliphatic rings. The van der Waals surface area contributed by atoms with E-state index in [1.165, 1.54) is 11.8 Å². The lowest BCUT2D eigenvalue weighted by Crippen LogP contribution is -2.13. The average Bonchev–Trinajstić information content (AvgIpc) is 2.95. The largest absolute Gasteiger partial charge is 0.465 e. The van der Waals surface area contributed by atoms with Crippen molar-refractivity contribution < 1.29 is 9.53 Å². The molecule has 0 aliphatic carbocycles. The van der Waals surface area contributed by atoms with Crippen LogP contribution in [0.15, 0.2) is 46.8 Å². The number of carbonyl (C=O) groups is 1. The van der Waals surface area contributed by atoms with E-state index in [1.54, 1.807) is 11.3 Å². The van der Waals surface area contributed by atoms with E-state index in [0.29, 0.717) is 11.6 Å². The number of thiazole rings is 1. The summed E-state index contributed by atoms with van der Waals surface area (Å²) >= 11 is 8.99. The van der Waals surface area contributed by atoms with E-state index in [4.69, 9.17) is 16.3 Å². The van der Waals surface area contributed by atoms with Crippen molar-refractivity contribution in [2.45, 2.75) is 23.4 Å². The van der Waals surface area contributed by atoms with Crippen molar-refractivity contribution in [3.05, 3.63) is 58.6 Å². The number of hydrogen-bond acceptors (Lipinski definition) is 5. The van der Waals surface area contributed by atoms with Crippen molar-refractivity contribution in [1.29, 1.82) is 0 Å². The topological polar surface area (TPSA) is 39.2 Å². The van der Waals surface area contributed by atoms with E-state index in [2.05, 4.69) is 4.98 Å². The number of rotatable bonds is 5. The van der Waals surface area contributed by atoms with Gasteiger partial charge in [0.15, 0.2) is 4.34 Å². The maximum absolute atomic E-state index is 12.4. The number of hydrogen-bond donors (Lipinski definition) is 0. The number of carbonyl (C=O) groups excluding carboxylic acids is 1. The normalized spacial score (nSPS) is 12.3. The molecule has 0 radical (unpaired) electrons. The highest BCUT2D eigenvalue weighted by molar-refractivity contribution is 8.02. The zero-order valence-electron chi connectivity index (χ0n) is 13.3. The van der Waals surface area contributed by atoms with Crippen LogP contribution in [0.2, 0.25) is 5.02 Å². The van der Waals surface area contributed by atoms with Gasteiger partial charge in [0.05, 0.1) is 16.8 Å². The summed E-state index contributed by atoms with van der Waals surface area (Å²) in [5.41, 5.74) is 2.92. The molecular formula is C18H16ClNO2S2. The third-order valence-corrected chi connectivity index (χ3v) is 6.03. The van der Waals surface area contributed by atoms with Crippen LogP contribution in [0, 0.1) is 6.92 Å². The molecule has 3 nitrogen and oxygen atoms in total. The summed E-state index contributed by atoms with van der Waals surface area (Å²) in [5.74, 6) is -0.247. The van der Waals surface area contributed by atoms with E-state index < -0.39 is 5.25 Å². The molecule has 24 heavy (non-hydrogen) atoms. The number of halogens is 1. The molecule has 1 unspecified atom stereocenters. The standard InChI is InChI=1S/C18H16ClNO2S2/c1-3-22-17(21)16(12-6-4-11(2)5-7-12)24-18-20-14-10-13(19)8-9-15(14)23-18/h4-10,16H,3H2,1-2H3. The van der Waals surface area contributed by atoms with E-state index in [1.807, 2.05) is 56.3 Å². The number of ether oxygens (including phenoxy) is 1. The van der Waals surface area contributed by atoms with Crippen molar-refractivity contribution in [3.8, 4) is 0 Å². The fourth-order valence-electron chi connectivity index (χ4n) is 2.24. The predicted octanol–water partition coefficient (Wildman–Crippen LogP) is 5.65. The minimum Gasteiger partial charge on any atom is -0.465 e. The second-order valence-electron chi connectivity index (χ2n) is 5.25. The SMILES string of the molecule is CCOC(=O)C(Sc1nc2cc(Cl)ccc2s1)c1ccc(C)cc1. The van der Waals surface area contributed by atoms with Gasteiger partial charge in [-0.05, 0) is 37.6 Å². The second kappa shape index (κ2) is 7.55. The summed E-state index contributed by atoms with van der Waals surface area (Å²) in [4.78, 5) is 17.0. The Hall–Kier alpha value is -1.56. The molecule has 124 valence electrons. The van der Waals surface area contributed by atoms with Crippen LogP contribution in [0.5, 0.6) is 0 Å². The number of benzene rings is 2.